The normalized spacial score (nSPS) is 16.7. The van der Waals surface area contributed by atoms with Crippen LogP contribution in [-0.2, 0) is 0 Å². The molecule has 4 nitrogen and oxygen atoms in total. The Bertz CT molecular complexity index is 543. The van der Waals surface area contributed by atoms with E-state index in [4.69, 9.17) is 0 Å². The first-order valence-corrected chi connectivity index (χ1v) is 6.76. The van der Waals surface area contributed by atoms with E-state index < -0.39 is 0 Å². The average molecular weight is 248 g/mol. The van der Waals surface area contributed by atoms with Crippen LogP contribution in [0.1, 0.15) is 11.3 Å². The van der Waals surface area contributed by atoms with E-state index in [2.05, 4.69) is 33.4 Å². The van der Waals surface area contributed by atoms with Crippen LogP contribution in [0.25, 0.3) is 10.2 Å². The summed E-state index contributed by atoms with van der Waals surface area (Å²) in [6, 6.07) is 2.14. The molecule has 1 fully saturated rings. The number of aromatic nitrogens is 2. The molecule has 0 atom stereocenters. The average Bonchev–Trinajstić information content (AvgIpc) is 2.68. The molecule has 0 bridgehead atoms. The molecular weight excluding hydrogens is 232 g/mol. The summed E-state index contributed by atoms with van der Waals surface area (Å²) < 4.78 is 0. The van der Waals surface area contributed by atoms with Gasteiger partial charge in [-0.1, -0.05) is 11.3 Å². The number of fused-ring (bicyclic) bond motifs is 1. The van der Waals surface area contributed by atoms with Gasteiger partial charge in [0.05, 0.1) is 10.7 Å². The van der Waals surface area contributed by atoms with Gasteiger partial charge in [0.25, 0.3) is 0 Å². The third-order valence-electron chi connectivity index (χ3n) is 3.20. The van der Waals surface area contributed by atoms with E-state index in [-0.39, 0.29) is 0 Å². The fraction of sp³-hybridized carbons (Fsp3) is 0.500. The highest BCUT2D eigenvalue weighted by Crippen LogP contribution is 2.36. The summed E-state index contributed by atoms with van der Waals surface area (Å²) in [5.74, 6) is 0. The van der Waals surface area contributed by atoms with Crippen LogP contribution in [-0.4, -0.2) is 36.4 Å². The minimum absolute atomic E-state index is 0.991. The molecule has 17 heavy (non-hydrogen) atoms. The summed E-state index contributed by atoms with van der Waals surface area (Å²) in [4.78, 5) is 3.51. The monoisotopic (exact) mass is 248 g/mol. The van der Waals surface area contributed by atoms with Gasteiger partial charge in [-0.25, -0.2) is 0 Å². The first-order chi connectivity index (χ1) is 8.25. The van der Waals surface area contributed by atoms with Crippen molar-refractivity contribution in [3.63, 3.8) is 0 Å². The Morgan fingerprint density at radius 3 is 2.76 bits per heavy atom. The quantitative estimate of drug-likeness (QED) is 0.834. The summed E-state index contributed by atoms with van der Waals surface area (Å²) in [5, 5.41) is 14.4. The molecule has 0 amide bonds. The van der Waals surface area contributed by atoms with Crippen molar-refractivity contribution in [3.05, 3.63) is 17.3 Å². The van der Waals surface area contributed by atoms with Crippen LogP contribution >= 0.6 is 11.3 Å². The van der Waals surface area contributed by atoms with Gasteiger partial charge in [-0.05, 0) is 25.5 Å². The number of hydrogen-bond acceptors (Lipinski definition) is 5. The Morgan fingerprint density at radius 1 is 1.24 bits per heavy atom. The molecule has 0 unspecified atom stereocenters. The van der Waals surface area contributed by atoms with Crippen molar-refractivity contribution in [1.82, 2.24) is 15.5 Å². The van der Waals surface area contributed by atoms with E-state index in [1.165, 1.54) is 16.0 Å². The minimum Gasteiger partial charge on any atom is -0.361 e. The van der Waals surface area contributed by atoms with Gasteiger partial charge in [-0.15, -0.1) is 5.10 Å². The fourth-order valence-electron chi connectivity index (χ4n) is 2.27. The predicted molar refractivity (Wildman–Crippen MR) is 72.0 cm³/mol. The Balaban J connectivity index is 2.07. The van der Waals surface area contributed by atoms with Crippen molar-refractivity contribution < 1.29 is 0 Å². The zero-order chi connectivity index (χ0) is 11.8. The molecule has 0 aromatic carbocycles. The van der Waals surface area contributed by atoms with Crippen LogP contribution in [0, 0.1) is 13.8 Å². The van der Waals surface area contributed by atoms with Crippen molar-refractivity contribution in [1.29, 1.82) is 0 Å². The molecule has 5 heteroatoms. The van der Waals surface area contributed by atoms with Crippen LogP contribution in [0.4, 0.5) is 5.00 Å². The number of anilines is 1. The molecule has 3 rings (SSSR count). The maximum absolute atomic E-state index is 4.28. The molecule has 1 aliphatic heterocycles. The SMILES string of the molecule is Cc1cc2c(C)c(N3CCNCC3)sc2nn1. The molecule has 2 aromatic heterocycles. The highest BCUT2D eigenvalue weighted by atomic mass is 32.1. The van der Waals surface area contributed by atoms with Crippen molar-refractivity contribution in [3.8, 4) is 0 Å². The molecule has 90 valence electrons. The van der Waals surface area contributed by atoms with E-state index in [9.17, 15) is 0 Å². The molecule has 3 heterocycles. The Kier molecular flexibility index (Phi) is 2.72. The van der Waals surface area contributed by atoms with Gasteiger partial charge in [0.1, 0.15) is 4.83 Å². The highest BCUT2D eigenvalue weighted by Gasteiger charge is 2.17. The topological polar surface area (TPSA) is 41.0 Å². The fourth-order valence-corrected chi connectivity index (χ4v) is 3.44. The van der Waals surface area contributed by atoms with Gasteiger partial charge in [-0.3, -0.25) is 0 Å². The second-order valence-corrected chi connectivity index (χ2v) is 5.45. The molecule has 0 aliphatic carbocycles. The number of piperazine rings is 1. The van der Waals surface area contributed by atoms with Gasteiger partial charge in [0.15, 0.2) is 0 Å². The van der Waals surface area contributed by atoms with Crippen molar-refractivity contribution in [2.75, 3.05) is 31.1 Å². The lowest BCUT2D eigenvalue weighted by molar-refractivity contribution is 0.591. The molecule has 0 radical (unpaired) electrons. The summed E-state index contributed by atoms with van der Waals surface area (Å²) in [7, 11) is 0. The lowest BCUT2D eigenvalue weighted by Crippen LogP contribution is -2.43. The first kappa shape index (κ1) is 10.9. The minimum atomic E-state index is 0.991. The molecule has 1 N–H and O–H groups in total. The molecular formula is C12H16N4S. The maximum atomic E-state index is 4.28. The Hall–Kier alpha value is -1.20. The number of nitrogens with zero attached hydrogens (tertiary/aromatic N) is 3. The first-order valence-electron chi connectivity index (χ1n) is 5.95. The molecule has 1 saturated heterocycles. The number of hydrogen-bond donors (Lipinski definition) is 1. The van der Waals surface area contributed by atoms with Crippen molar-refractivity contribution >= 4 is 26.6 Å². The Morgan fingerprint density at radius 2 is 2.00 bits per heavy atom. The zero-order valence-corrected chi connectivity index (χ0v) is 11.0. The van der Waals surface area contributed by atoms with Gasteiger partial charge in [0, 0.05) is 31.6 Å². The van der Waals surface area contributed by atoms with Gasteiger partial charge < -0.3 is 10.2 Å². The van der Waals surface area contributed by atoms with E-state index in [1.54, 1.807) is 11.3 Å². The number of thiophene rings is 1. The Labute approximate surface area is 105 Å². The van der Waals surface area contributed by atoms with Gasteiger partial charge in [0.2, 0.25) is 0 Å². The van der Waals surface area contributed by atoms with Crippen molar-refractivity contribution in [2.24, 2.45) is 0 Å². The smallest absolute Gasteiger partial charge is 0.148 e. The maximum Gasteiger partial charge on any atom is 0.148 e. The predicted octanol–water partition coefficient (Wildman–Crippen LogP) is 1.72. The highest BCUT2D eigenvalue weighted by molar-refractivity contribution is 7.22. The molecule has 0 saturated carbocycles. The summed E-state index contributed by atoms with van der Waals surface area (Å²) in [5.41, 5.74) is 2.34. The largest absolute Gasteiger partial charge is 0.361 e. The second kappa shape index (κ2) is 4.23. The molecule has 1 aliphatic rings. The van der Waals surface area contributed by atoms with E-state index in [0.717, 1.165) is 36.7 Å². The van der Waals surface area contributed by atoms with Crippen LogP contribution in [0.5, 0.6) is 0 Å². The van der Waals surface area contributed by atoms with Gasteiger partial charge in [-0.2, -0.15) is 5.10 Å². The summed E-state index contributed by atoms with van der Waals surface area (Å²) >= 11 is 1.76. The lowest BCUT2D eigenvalue weighted by atomic mass is 10.2. The van der Waals surface area contributed by atoms with Crippen LogP contribution < -0.4 is 10.2 Å². The standard InChI is InChI=1S/C12H16N4S/c1-8-7-10-9(2)12(17-11(10)15-14-8)16-5-3-13-4-6-16/h7,13H,3-6H2,1-2H3. The van der Waals surface area contributed by atoms with E-state index >= 15 is 0 Å². The van der Waals surface area contributed by atoms with Gasteiger partial charge >= 0.3 is 0 Å². The lowest BCUT2D eigenvalue weighted by Gasteiger charge is -2.28. The number of rotatable bonds is 1. The third kappa shape index (κ3) is 1.89. The summed E-state index contributed by atoms with van der Waals surface area (Å²) in [6.45, 7) is 8.49. The van der Waals surface area contributed by atoms with E-state index in [1.807, 2.05) is 6.92 Å². The zero-order valence-electron chi connectivity index (χ0n) is 10.2. The molecule has 2 aromatic rings. The van der Waals surface area contributed by atoms with Crippen molar-refractivity contribution in [2.45, 2.75) is 13.8 Å². The third-order valence-corrected chi connectivity index (χ3v) is 4.46. The number of nitrogens with one attached hydrogen (secondary N) is 1. The van der Waals surface area contributed by atoms with Crippen LogP contribution in [0.15, 0.2) is 6.07 Å². The van der Waals surface area contributed by atoms with Crippen LogP contribution in [0.3, 0.4) is 0 Å². The second-order valence-electron chi connectivity index (χ2n) is 4.47. The number of aryl methyl sites for hydroxylation is 2. The molecule has 0 spiro atoms. The van der Waals surface area contributed by atoms with E-state index in [0.29, 0.717) is 0 Å². The van der Waals surface area contributed by atoms with Crippen LogP contribution in [0.2, 0.25) is 0 Å². The summed E-state index contributed by atoms with van der Waals surface area (Å²) in [6.07, 6.45) is 0.